The van der Waals surface area contributed by atoms with Gasteiger partial charge in [0.15, 0.2) is 0 Å². The Kier molecular flexibility index (Phi) is 10.5. The van der Waals surface area contributed by atoms with Crippen LogP contribution < -0.4 is 0 Å². The Labute approximate surface area is 123 Å². The van der Waals surface area contributed by atoms with Crippen LogP contribution in [-0.2, 0) is 14.6 Å². The number of nitrogens with zero attached hydrogens (tertiary/aromatic N) is 2. The molecule has 1 heterocycles. The van der Waals surface area contributed by atoms with Gasteiger partial charge in [0.1, 0.15) is 0 Å². The van der Waals surface area contributed by atoms with Gasteiger partial charge in [0.05, 0.1) is 13.3 Å². The minimum atomic E-state index is -4.17. The van der Waals surface area contributed by atoms with Crippen LogP contribution in [0, 0.1) is 0 Å². The molecule has 120 valence electrons. The van der Waals surface area contributed by atoms with Crippen LogP contribution in [0.3, 0.4) is 0 Å². The van der Waals surface area contributed by atoms with Crippen molar-refractivity contribution in [1.82, 2.24) is 9.80 Å². The minimum absolute atomic E-state index is 0.0289. The van der Waals surface area contributed by atoms with Crippen LogP contribution in [0.4, 0.5) is 0 Å². The maximum absolute atomic E-state index is 9.56. The summed E-state index contributed by atoms with van der Waals surface area (Å²) >= 11 is 0. The van der Waals surface area contributed by atoms with E-state index in [4.69, 9.17) is 4.55 Å². The fraction of sp³-hybridized carbons (Fsp3) is 0.846. The van der Waals surface area contributed by atoms with Gasteiger partial charge in [-0.1, -0.05) is 26.7 Å². The van der Waals surface area contributed by atoms with Crippen LogP contribution in [-0.4, -0.2) is 49.1 Å². The molecule has 0 aromatic rings. The van der Waals surface area contributed by atoms with Crippen molar-refractivity contribution in [3.63, 3.8) is 0 Å². The summed E-state index contributed by atoms with van der Waals surface area (Å²) in [6.45, 7) is 9.47. The molecule has 0 atom stereocenters. The highest BCUT2D eigenvalue weighted by Crippen LogP contribution is 2.08. The Balaban J connectivity index is 0.000000441. The summed E-state index contributed by atoms with van der Waals surface area (Å²) in [6.07, 6.45) is 9.66. The molecule has 0 aromatic carbocycles. The number of hydrogen-bond donors (Lipinski definition) is 1. The molecule has 7 heteroatoms. The van der Waals surface area contributed by atoms with Crippen molar-refractivity contribution in [3.05, 3.63) is 12.4 Å². The third-order valence-electron chi connectivity index (χ3n) is 2.72. The molecular formula is C13H28N2O4S. The summed E-state index contributed by atoms with van der Waals surface area (Å²) in [4.78, 5) is 4.80. The molecule has 0 radical (unpaired) electrons. The first-order chi connectivity index (χ1) is 9.42. The lowest BCUT2D eigenvalue weighted by atomic mass is 10.3. The van der Waals surface area contributed by atoms with E-state index in [0.717, 1.165) is 6.67 Å². The van der Waals surface area contributed by atoms with Gasteiger partial charge >= 0.3 is 10.4 Å². The van der Waals surface area contributed by atoms with Crippen molar-refractivity contribution < 1.29 is 17.2 Å². The molecule has 1 aliphatic heterocycles. The SMILES string of the molecule is CCCCN1C=CN(CCCC)C1.CCOS(=O)(=O)O. The molecule has 20 heavy (non-hydrogen) atoms. The highest BCUT2D eigenvalue weighted by atomic mass is 32.3. The second kappa shape index (κ2) is 10.9. The zero-order chi connectivity index (χ0) is 15.4. The third-order valence-corrected chi connectivity index (χ3v) is 3.25. The summed E-state index contributed by atoms with van der Waals surface area (Å²) < 4.78 is 30.7. The Morgan fingerprint density at radius 3 is 1.75 bits per heavy atom. The van der Waals surface area contributed by atoms with Gasteiger partial charge in [-0.2, -0.15) is 8.42 Å². The summed E-state index contributed by atoms with van der Waals surface area (Å²) in [5, 5.41) is 0. The molecule has 0 bridgehead atoms. The largest absolute Gasteiger partial charge is 0.397 e. The average Bonchev–Trinajstić information content (AvgIpc) is 2.81. The molecule has 1 N–H and O–H groups in total. The number of rotatable bonds is 8. The van der Waals surface area contributed by atoms with Gasteiger partial charge in [0, 0.05) is 25.5 Å². The summed E-state index contributed by atoms with van der Waals surface area (Å²) in [7, 11) is -4.17. The van der Waals surface area contributed by atoms with Crippen LogP contribution in [0.1, 0.15) is 46.5 Å². The van der Waals surface area contributed by atoms with Crippen LogP contribution >= 0.6 is 0 Å². The highest BCUT2D eigenvalue weighted by molar-refractivity contribution is 7.80. The first-order valence-corrected chi connectivity index (χ1v) is 8.57. The van der Waals surface area contributed by atoms with Crippen molar-refractivity contribution in [1.29, 1.82) is 0 Å². The molecule has 0 unspecified atom stereocenters. The van der Waals surface area contributed by atoms with Crippen molar-refractivity contribution in [3.8, 4) is 0 Å². The normalized spacial score (nSPS) is 14.4. The summed E-state index contributed by atoms with van der Waals surface area (Å²) in [5.41, 5.74) is 0. The highest BCUT2D eigenvalue weighted by Gasteiger charge is 2.09. The van der Waals surface area contributed by atoms with E-state index in [-0.39, 0.29) is 6.61 Å². The van der Waals surface area contributed by atoms with E-state index < -0.39 is 10.4 Å². The maximum atomic E-state index is 9.56. The van der Waals surface area contributed by atoms with E-state index in [0.29, 0.717) is 0 Å². The Morgan fingerprint density at radius 1 is 1.05 bits per heavy atom. The number of hydrogen-bond acceptors (Lipinski definition) is 5. The molecule has 0 aliphatic carbocycles. The number of unbranched alkanes of at least 4 members (excludes halogenated alkanes) is 2. The summed E-state index contributed by atoms with van der Waals surface area (Å²) in [6, 6.07) is 0. The zero-order valence-electron chi connectivity index (χ0n) is 12.8. The average molecular weight is 308 g/mol. The minimum Gasteiger partial charge on any atom is -0.359 e. The van der Waals surface area contributed by atoms with E-state index in [1.54, 1.807) is 0 Å². The van der Waals surface area contributed by atoms with E-state index >= 15 is 0 Å². The van der Waals surface area contributed by atoms with Crippen molar-refractivity contribution in [2.24, 2.45) is 0 Å². The first-order valence-electron chi connectivity index (χ1n) is 7.21. The van der Waals surface area contributed by atoms with Gasteiger partial charge in [0.2, 0.25) is 0 Å². The third kappa shape index (κ3) is 11.1. The molecule has 1 aliphatic rings. The van der Waals surface area contributed by atoms with Crippen LogP contribution in [0.5, 0.6) is 0 Å². The fourth-order valence-electron chi connectivity index (χ4n) is 1.68. The van der Waals surface area contributed by atoms with Gasteiger partial charge in [-0.15, -0.1) is 0 Å². The second-order valence-electron chi connectivity index (χ2n) is 4.61. The van der Waals surface area contributed by atoms with Gasteiger partial charge in [-0.05, 0) is 19.8 Å². The van der Waals surface area contributed by atoms with Crippen molar-refractivity contribution in [2.75, 3.05) is 26.4 Å². The topological polar surface area (TPSA) is 70.1 Å². The quantitative estimate of drug-likeness (QED) is 0.695. The van der Waals surface area contributed by atoms with Crippen molar-refractivity contribution in [2.45, 2.75) is 46.5 Å². The molecule has 0 amide bonds. The second-order valence-corrected chi connectivity index (χ2v) is 5.70. The monoisotopic (exact) mass is 308 g/mol. The van der Waals surface area contributed by atoms with Crippen LogP contribution in [0.2, 0.25) is 0 Å². The Morgan fingerprint density at radius 2 is 1.50 bits per heavy atom. The van der Waals surface area contributed by atoms with Gasteiger partial charge in [0.25, 0.3) is 0 Å². The van der Waals surface area contributed by atoms with Gasteiger partial charge in [-0.25, -0.2) is 4.18 Å². The maximum Gasteiger partial charge on any atom is 0.397 e. The molecule has 0 saturated carbocycles. The molecule has 0 aromatic heterocycles. The first kappa shape index (κ1) is 19.2. The van der Waals surface area contributed by atoms with Crippen molar-refractivity contribution >= 4 is 10.4 Å². The Bertz CT molecular complexity index is 341. The molecule has 0 saturated heterocycles. The van der Waals surface area contributed by atoms with Crippen LogP contribution in [0.25, 0.3) is 0 Å². The standard InChI is InChI=1S/C11H22N2.C2H6O4S/c1-3-5-7-12-9-10-13(11-12)8-6-4-2;1-2-6-7(3,4)5/h9-10H,3-8,11H2,1-2H3;2H2,1H3,(H,3,4,5). The van der Waals surface area contributed by atoms with Crippen LogP contribution in [0.15, 0.2) is 12.4 Å². The lowest BCUT2D eigenvalue weighted by Crippen LogP contribution is -2.26. The molecule has 6 nitrogen and oxygen atoms in total. The van der Waals surface area contributed by atoms with E-state index in [2.05, 4.69) is 40.2 Å². The molecule has 0 spiro atoms. The molecular weight excluding hydrogens is 280 g/mol. The Hall–Kier alpha value is -0.790. The lowest BCUT2D eigenvalue weighted by Gasteiger charge is -2.20. The summed E-state index contributed by atoms with van der Waals surface area (Å²) in [5.74, 6) is 0. The van der Waals surface area contributed by atoms with E-state index in [1.165, 1.54) is 45.7 Å². The zero-order valence-corrected chi connectivity index (χ0v) is 13.6. The fourth-order valence-corrected chi connectivity index (χ4v) is 1.98. The lowest BCUT2D eigenvalue weighted by molar-refractivity contribution is 0.260. The van der Waals surface area contributed by atoms with Gasteiger partial charge < -0.3 is 9.80 Å². The van der Waals surface area contributed by atoms with E-state index in [9.17, 15) is 8.42 Å². The van der Waals surface area contributed by atoms with Gasteiger partial charge in [-0.3, -0.25) is 4.55 Å². The predicted molar refractivity (Wildman–Crippen MR) is 80.4 cm³/mol. The predicted octanol–water partition coefficient (Wildman–Crippen LogP) is 2.46. The smallest absolute Gasteiger partial charge is 0.359 e. The molecule has 0 fully saturated rings. The molecule has 1 rings (SSSR count). The van der Waals surface area contributed by atoms with E-state index in [1.807, 2.05) is 0 Å².